The molecule has 0 bridgehead atoms. The lowest BCUT2D eigenvalue weighted by atomic mass is 9.91. The lowest BCUT2D eigenvalue weighted by Gasteiger charge is -2.17. The molecule has 2 aromatic carbocycles. The molecule has 1 aliphatic rings. The summed E-state index contributed by atoms with van der Waals surface area (Å²) in [6.07, 6.45) is 2.85. The molecule has 0 unspecified atom stereocenters. The van der Waals surface area contributed by atoms with Crippen molar-refractivity contribution >= 4 is 28.2 Å². The van der Waals surface area contributed by atoms with Gasteiger partial charge >= 0.3 is 0 Å². The van der Waals surface area contributed by atoms with Crippen LogP contribution >= 0.6 is 0 Å². The number of ketones is 2. The molecule has 1 N–H and O–H groups in total. The Labute approximate surface area is 132 Å². The van der Waals surface area contributed by atoms with Gasteiger partial charge in [-0.1, -0.05) is 36.4 Å². The predicted octanol–water partition coefficient (Wildman–Crippen LogP) is 3.61. The van der Waals surface area contributed by atoms with Crippen LogP contribution in [0.4, 0.5) is 5.69 Å². The highest BCUT2D eigenvalue weighted by Gasteiger charge is 2.27. The quantitative estimate of drug-likeness (QED) is 0.785. The fourth-order valence-electron chi connectivity index (χ4n) is 2.76. The summed E-state index contributed by atoms with van der Waals surface area (Å²) in [7, 11) is 0. The first kappa shape index (κ1) is 13.4. The number of anilines is 1. The zero-order valence-electron chi connectivity index (χ0n) is 12.1. The summed E-state index contributed by atoms with van der Waals surface area (Å²) in [6, 6.07) is 16.6. The van der Waals surface area contributed by atoms with Gasteiger partial charge in [0.05, 0.1) is 16.8 Å². The minimum absolute atomic E-state index is 0.184. The number of rotatable bonds is 2. The number of Topliss-reactive ketones (excluding diaryl/α,β-unsaturated/α-hetero) is 1. The fraction of sp³-hybridized carbons (Fsp3) is 0. The maximum absolute atomic E-state index is 12.7. The van der Waals surface area contributed by atoms with Crippen molar-refractivity contribution in [3.8, 4) is 0 Å². The summed E-state index contributed by atoms with van der Waals surface area (Å²) in [4.78, 5) is 29.5. The third-order valence-corrected chi connectivity index (χ3v) is 3.84. The van der Waals surface area contributed by atoms with Crippen molar-refractivity contribution in [3.63, 3.8) is 0 Å². The molecule has 1 aliphatic carbocycles. The number of fused-ring (bicyclic) bond motifs is 3. The Bertz CT molecular complexity index is 975. The summed E-state index contributed by atoms with van der Waals surface area (Å²) < 4.78 is 0. The summed E-state index contributed by atoms with van der Waals surface area (Å²) in [5.41, 5.74) is 2.51. The molecule has 23 heavy (non-hydrogen) atoms. The highest BCUT2D eigenvalue weighted by Crippen LogP contribution is 2.27. The Balaban J connectivity index is 1.82. The number of carbonyl (C=O) groups is 2. The van der Waals surface area contributed by atoms with Crippen LogP contribution in [-0.4, -0.2) is 16.6 Å². The van der Waals surface area contributed by atoms with Gasteiger partial charge in [0.2, 0.25) is 5.78 Å². The highest BCUT2D eigenvalue weighted by atomic mass is 16.1. The molecule has 1 heterocycles. The van der Waals surface area contributed by atoms with Gasteiger partial charge in [-0.25, -0.2) is 0 Å². The zero-order chi connectivity index (χ0) is 15.8. The maximum Gasteiger partial charge on any atom is 0.211 e. The Hall–Kier alpha value is -3.27. The van der Waals surface area contributed by atoms with E-state index in [1.54, 1.807) is 0 Å². The number of hydrogen-bond acceptors (Lipinski definition) is 4. The summed E-state index contributed by atoms with van der Waals surface area (Å²) >= 11 is 0. The third kappa shape index (κ3) is 2.21. The van der Waals surface area contributed by atoms with Crippen molar-refractivity contribution in [1.82, 2.24) is 4.98 Å². The molecule has 4 nitrogen and oxygen atoms in total. The van der Waals surface area contributed by atoms with Gasteiger partial charge in [0.15, 0.2) is 5.78 Å². The van der Waals surface area contributed by atoms with Crippen molar-refractivity contribution in [2.45, 2.75) is 0 Å². The molecule has 0 aliphatic heterocycles. The van der Waals surface area contributed by atoms with Gasteiger partial charge in [0.1, 0.15) is 0 Å². The predicted molar refractivity (Wildman–Crippen MR) is 88.6 cm³/mol. The number of hydrogen-bond donors (Lipinski definition) is 1. The largest absolute Gasteiger partial charge is 0.352 e. The molecular formula is C19H12N2O2. The summed E-state index contributed by atoms with van der Waals surface area (Å²) in [6.45, 7) is 0. The van der Waals surface area contributed by atoms with Gasteiger partial charge in [-0.15, -0.1) is 0 Å². The van der Waals surface area contributed by atoms with Crippen LogP contribution in [0.3, 0.4) is 0 Å². The molecule has 4 heteroatoms. The van der Waals surface area contributed by atoms with Crippen molar-refractivity contribution in [2.24, 2.45) is 0 Å². The molecule has 0 atom stereocenters. The van der Waals surface area contributed by atoms with Crippen LogP contribution in [-0.2, 0) is 0 Å². The fourth-order valence-corrected chi connectivity index (χ4v) is 2.76. The van der Waals surface area contributed by atoms with E-state index in [4.69, 9.17) is 0 Å². The van der Waals surface area contributed by atoms with E-state index in [-0.39, 0.29) is 17.3 Å². The summed E-state index contributed by atoms with van der Waals surface area (Å²) in [5.74, 6) is -0.404. The number of para-hydroxylation sites is 2. The SMILES string of the molecule is O=C1C(Nc2ccccc2)=CC(=O)c2c1cnc1ccccc21. The third-order valence-electron chi connectivity index (χ3n) is 3.84. The van der Waals surface area contributed by atoms with Crippen LogP contribution in [0.1, 0.15) is 20.7 Å². The van der Waals surface area contributed by atoms with Gasteiger partial charge in [-0.05, 0) is 18.2 Å². The van der Waals surface area contributed by atoms with Gasteiger partial charge in [-0.2, -0.15) is 0 Å². The highest BCUT2D eigenvalue weighted by molar-refractivity contribution is 6.29. The van der Waals surface area contributed by atoms with E-state index in [1.807, 2.05) is 54.6 Å². The van der Waals surface area contributed by atoms with E-state index in [2.05, 4.69) is 10.3 Å². The van der Waals surface area contributed by atoms with Crippen LogP contribution in [0.5, 0.6) is 0 Å². The first-order valence-corrected chi connectivity index (χ1v) is 7.24. The standard InChI is InChI=1S/C19H12N2O2/c22-17-10-16(21-12-6-2-1-3-7-12)19(23)14-11-20-15-9-5-4-8-13(15)18(14)17/h1-11,21H. The van der Waals surface area contributed by atoms with Gasteiger partial charge in [0, 0.05) is 28.9 Å². The lowest BCUT2D eigenvalue weighted by molar-refractivity contribution is 0.0986. The Morgan fingerprint density at radius 2 is 1.61 bits per heavy atom. The molecular weight excluding hydrogens is 288 g/mol. The Morgan fingerprint density at radius 1 is 0.870 bits per heavy atom. The van der Waals surface area contributed by atoms with Gasteiger partial charge in [0.25, 0.3) is 0 Å². The van der Waals surface area contributed by atoms with Crippen LogP contribution in [0.2, 0.25) is 0 Å². The second-order valence-corrected chi connectivity index (χ2v) is 5.31. The smallest absolute Gasteiger partial charge is 0.211 e. The molecule has 0 radical (unpaired) electrons. The number of benzene rings is 2. The zero-order valence-corrected chi connectivity index (χ0v) is 12.1. The molecule has 0 amide bonds. The molecule has 0 saturated carbocycles. The molecule has 0 fully saturated rings. The van der Waals surface area contributed by atoms with Crippen LogP contribution < -0.4 is 5.32 Å². The number of carbonyl (C=O) groups excluding carboxylic acids is 2. The normalized spacial score (nSPS) is 13.7. The van der Waals surface area contributed by atoms with Crippen LogP contribution in [0.25, 0.3) is 10.9 Å². The van der Waals surface area contributed by atoms with E-state index in [0.29, 0.717) is 22.0 Å². The average molecular weight is 300 g/mol. The minimum Gasteiger partial charge on any atom is -0.352 e. The molecule has 4 rings (SSSR count). The van der Waals surface area contributed by atoms with E-state index in [1.165, 1.54) is 12.3 Å². The Morgan fingerprint density at radius 3 is 2.43 bits per heavy atom. The number of aromatic nitrogens is 1. The minimum atomic E-state index is -0.221. The monoisotopic (exact) mass is 300 g/mol. The second-order valence-electron chi connectivity index (χ2n) is 5.31. The lowest BCUT2D eigenvalue weighted by Crippen LogP contribution is -2.22. The van der Waals surface area contributed by atoms with E-state index >= 15 is 0 Å². The second kappa shape index (κ2) is 5.18. The topological polar surface area (TPSA) is 59.1 Å². The molecule has 110 valence electrons. The number of nitrogens with one attached hydrogen (secondary N) is 1. The van der Waals surface area contributed by atoms with Crippen molar-refractivity contribution < 1.29 is 9.59 Å². The average Bonchev–Trinajstić information content (AvgIpc) is 2.59. The van der Waals surface area contributed by atoms with Gasteiger partial charge in [-0.3, -0.25) is 14.6 Å². The first-order chi connectivity index (χ1) is 11.2. The summed E-state index contributed by atoms with van der Waals surface area (Å²) in [5, 5.41) is 3.72. The van der Waals surface area contributed by atoms with Gasteiger partial charge < -0.3 is 5.32 Å². The molecule has 0 spiro atoms. The van der Waals surface area contributed by atoms with E-state index < -0.39 is 0 Å². The number of pyridine rings is 1. The van der Waals surface area contributed by atoms with Crippen LogP contribution in [0.15, 0.2) is 72.6 Å². The Kier molecular flexibility index (Phi) is 3.01. The van der Waals surface area contributed by atoms with E-state index in [0.717, 1.165) is 5.69 Å². The number of nitrogens with zero attached hydrogens (tertiary/aromatic N) is 1. The van der Waals surface area contributed by atoms with Crippen molar-refractivity contribution in [1.29, 1.82) is 0 Å². The molecule has 1 aromatic heterocycles. The molecule has 3 aromatic rings. The number of allylic oxidation sites excluding steroid dienone is 2. The maximum atomic E-state index is 12.7. The first-order valence-electron chi connectivity index (χ1n) is 7.24. The van der Waals surface area contributed by atoms with Crippen LogP contribution in [0, 0.1) is 0 Å². The van der Waals surface area contributed by atoms with E-state index in [9.17, 15) is 9.59 Å². The van der Waals surface area contributed by atoms with Crippen molar-refractivity contribution in [3.05, 3.63) is 83.7 Å². The van der Waals surface area contributed by atoms with Crippen molar-refractivity contribution in [2.75, 3.05) is 5.32 Å². The molecule has 0 saturated heterocycles.